The molecule has 0 bridgehead atoms. The van der Waals surface area contributed by atoms with Crippen molar-refractivity contribution in [1.29, 1.82) is 0 Å². The molecule has 0 saturated carbocycles. The number of hydrogen-bond acceptors (Lipinski definition) is 3. The Labute approximate surface area is 157 Å². The molecule has 1 unspecified atom stereocenters. The highest BCUT2D eigenvalue weighted by Gasteiger charge is 2.13. The van der Waals surface area contributed by atoms with E-state index in [1.807, 2.05) is 50.4 Å². The summed E-state index contributed by atoms with van der Waals surface area (Å²) < 4.78 is 0.747. The second-order valence-electron chi connectivity index (χ2n) is 5.85. The average Bonchev–Trinajstić information content (AvgIpc) is 2.98. The number of anilines is 1. The smallest absolute Gasteiger partial charge is 0.275 e. The molecule has 134 valence electrons. The average molecular weight is 381 g/mol. The van der Waals surface area contributed by atoms with Crippen LogP contribution in [0, 0.1) is 0 Å². The van der Waals surface area contributed by atoms with E-state index in [1.54, 1.807) is 0 Å². The van der Waals surface area contributed by atoms with Gasteiger partial charge in [-0.1, -0.05) is 36.7 Å². The first kappa shape index (κ1) is 19.4. The standard InChI is InChI=1S/C18H22ClN3O2S/c1-3-13-6-4-5-7-15(13)21-17(23)10-20-18(24)12-22(2)11-14-8-9-16(19)25-14/h4-9H,3,10-12H2,1-2H3,(H,20,24)(H,21,23)/p+1. The summed E-state index contributed by atoms with van der Waals surface area (Å²) in [5, 5.41) is 5.51. The van der Waals surface area contributed by atoms with Gasteiger partial charge >= 0.3 is 0 Å². The molecule has 1 atom stereocenters. The van der Waals surface area contributed by atoms with Crippen LogP contribution < -0.4 is 15.5 Å². The van der Waals surface area contributed by atoms with Crippen molar-refractivity contribution in [2.45, 2.75) is 19.9 Å². The SMILES string of the molecule is CCc1ccccc1NC(=O)CNC(=O)C[NH+](C)Cc1ccc(Cl)s1. The molecule has 2 aromatic rings. The summed E-state index contributed by atoms with van der Waals surface area (Å²) in [4.78, 5) is 26.2. The van der Waals surface area contributed by atoms with Crippen LogP contribution in [-0.2, 0) is 22.6 Å². The Morgan fingerprint density at radius 2 is 1.92 bits per heavy atom. The summed E-state index contributed by atoms with van der Waals surface area (Å²) in [6.07, 6.45) is 0.837. The lowest BCUT2D eigenvalue weighted by atomic mass is 10.1. The van der Waals surface area contributed by atoms with Crippen molar-refractivity contribution >= 4 is 40.4 Å². The van der Waals surface area contributed by atoms with Crippen molar-refractivity contribution in [2.24, 2.45) is 0 Å². The van der Waals surface area contributed by atoms with Crippen LogP contribution in [-0.4, -0.2) is 32.0 Å². The number of carbonyl (C=O) groups is 2. The van der Waals surface area contributed by atoms with E-state index in [-0.39, 0.29) is 18.4 Å². The molecule has 5 nitrogen and oxygen atoms in total. The highest BCUT2D eigenvalue weighted by molar-refractivity contribution is 7.16. The van der Waals surface area contributed by atoms with Crippen molar-refractivity contribution < 1.29 is 14.5 Å². The Bertz CT molecular complexity index is 733. The van der Waals surface area contributed by atoms with Gasteiger partial charge in [0.1, 0.15) is 6.54 Å². The van der Waals surface area contributed by atoms with E-state index in [1.165, 1.54) is 11.3 Å². The van der Waals surface area contributed by atoms with Crippen LogP contribution >= 0.6 is 22.9 Å². The lowest BCUT2D eigenvalue weighted by molar-refractivity contribution is -0.885. The van der Waals surface area contributed by atoms with Crippen LogP contribution in [0.25, 0.3) is 0 Å². The minimum atomic E-state index is -0.225. The van der Waals surface area contributed by atoms with Crippen LogP contribution in [0.5, 0.6) is 0 Å². The van der Waals surface area contributed by atoms with Gasteiger partial charge in [0.15, 0.2) is 6.54 Å². The molecule has 0 spiro atoms. The topological polar surface area (TPSA) is 62.6 Å². The van der Waals surface area contributed by atoms with E-state index in [0.717, 1.165) is 38.3 Å². The maximum atomic E-state index is 12.0. The van der Waals surface area contributed by atoms with Gasteiger partial charge < -0.3 is 15.5 Å². The predicted octanol–water partition coefficient (Wildman–Crippen LogP) is 1.73. The van der Waals surface area contributed by atoms with Crippen molar-refractivity contribution in [3.8, 4) is 0 Å². The molecule has 3 N–H and O–H groups in total. The van der Waals surface area contributed by atoms with E-state index in [4.69, 9.17) is 11.6 Å². The summed E-state index contributed by atoms with van der Waals surface area (Å²) in [6, 6.07) is 11.5. The third-order valence-corrected chi connectivity index (χ3v) is 4.92. The number of amides is 2. The summed E-state index contributed by atoms with van der Waals surface area (Å²) in [6.45, 7) is 3.02. The normalized spacial score (nSPS) is 11.8. The fourth-order valence-corrected chi connectivity index (χ4v) is 3.67. The molecular formula is C18H23ClN3O2S+. The second-order valence-corrected chi connectivity index (χ2v) is 7.65. The molecule has 1 aromatic heterocycles. The molecule has 0 aliphatic carbocycles. The molecule has 2 rings (SSSR count). The molecule has 0 radical (unpaired) electrons. The van der Waals surface area contributed by atoms with E-state index in [0.29, 0.717) is 6.54 Å². The van der Waals surface area contributed by atoms with Crippen LogP contribution in [0.4, 0.5) is 5.69 Å². The molecule has 25 heavy (non-hydrogen) atoms. The van der Waals surface area contributed by atoms with Crippen LogP contribution in [0.3, 0.4) is 0 Å². The van der Waals surface area contributed by atoms with Gasteiger partial charge in [-0.3, -0.25) is 9.59 Å². The number of likely N-dealkylation sites (N-methyl/N-ethyl adjacent to an activating group) is 1. The van der Waals surface area contributed by atoms with Gasteiger partial charge in [-0.2, -0.15) is 0 Å². The third kappa shape index (κ3) is 6.49. The number of nitrogens with one attached hydrogen (secondary N) is 3. The number of carbonyl (C=O) groups excluding carboxylic acids is 2. The fraction of sp³-hybridized carbons (Fsp3) is 0.333. The molecule has 0 aliphatic rings. The van der Waals surface area contributed by atoms with Crippen molar-refractivity contribution in [2.75, 3.05) is 25.5 Å². The summed E-state index contributed by atoms with van der Waals surface area (Å²) >= 11 is 7.42. The minimum absolute atomic E-state index is 0.0327. The van der Waals surface area contributed by atoms with Gasteiger partial charge in [0.05, 0.1) is 22.8 Å². The number of rotatable bonds is 8. The Morgan fingerprint density at radius 1 is 1.16 bits per heavy atom. The van der Waals surface area contributed by atoms with Gasteiger partial charge in [-0.05, 0) is 30.2 Å². The van der Waals surface area contributed by atoms with Gasteiger partial charge in [0.2, 0.25) is 5.91 Å². The molecular weight excluding hydrogens is 358 g/mol. The van der Waals surface area contributed by atoms with Crippen molar-refractivity contribution in [3.63, 3.8) is 0 Å². The molecule has 2 amide bonds. The lowest BCUT2D eigenvalue weighted by Crippen LogP contribution is -3.08. The van der Waals surface area contributed by atoms with Gasteiger partial charge in [-0.25, -0.2) is 0 Å². The van der Waals surface area contributed by atoms with Crippen LogP contribution in [0.15, 0.2) is 36.4 Å². The number of thiophene rings is 1. The maximum Gasteiger partial charge on any atom is 0.275 e. The Kier molecular flexibility index (Phi) is 7.43. The van der Waals surface area contributed by atoms with E-state index < -0.39 is 0 Å². The van der Waals surface area contributed by atoms with Crippen LogP contribution in [0.2, 0.25) is 4.34 Å². The quantitative estimate of drug-likeness (QED) is 0.653. The Hall–Kier alpha value is -1.89. The molecule has 0 fully saturated rings. The molecule has 1 heterocycles. The zero-order valence-electron chi connectivity index (χ0n) is 14.4. The van der Waals surface area contributed by atoms with Crippen molar-refractivity contribution in [1.82, 2.24) is 5.32 Å². The van der Waals surface area contributed by atoms with E-state index in [9.17, 15) is 9.59 Å². The highest BCUT2D eigenvalue weighted by atomic mass is 35.5. The monoisotopic (exact) mass is 380 g/mol. The zero-order valence-corrected chi connectivity index (χ0v) is 16.0. The predicted molar refractivity (Wildman–Crippen MR) is 102 cm³/mol. The summed E-state index contributed by atoms with van der Waals surface area (Å²) in [7, 11) is 1.94. The zero-order chi connectivity index (χ0) is 18.2. The fourth-order valence-electron chi connectivity index (χ4n) is 2.47. The number of aryl methyl sites for hydroxylation is 1. The van der Waals surface area contributed by atoms with Gasteiger partial charge in [-0.15, -0.1) is 11.3 Å². The largest absolute Gasteiger partial charge is 0.342 e. The lowest BCUT2D eigenvalue weighted by Gasteiger charge is -2.13. The maximum absolute atomic E-state index is 12.0. The summed E-state index contributed by atoms with van der Waals surface area (Å²) in [5.41, 5.74) is 1.86. The van der Waals surface area contributed by atoms with Crippen molar-refractivity contribution in [3.05, 3.63) is 51.2 Å². The first-order valence-electron chi connectivity index (χ1n) is 8.18. The number of hydrogen-bond donors (Lipinski definition) is 3. The van der Waals surface area contributed by atoms with Gasteiger partial charge in [0, 0.05) is 5.69 Å². The van der Waals surface area contributed by atoms with Gasteiger partial charge in [0.25, 0.3) is 5.91 Å². The molecule has 1 aromatic carbocycles. The Morgan fingerprint density at radius 3 is 2.60 bits per heavy atom. The van der Waals surface area contributed by atoms with E-state index in [2.05, 4.69) is 10.6 Å². The number of halogens is 1. The minimum Gasteiger partial charge on any atom is -0.342 e. The van der Waals surface area contributed by atoms with Crippen LogP contribution in [0.1, 0.15) is 17.4 Å². The first-order chi connectivity index (χ1) is 12.0. The third-order valence-electron chi connectivity index (χ3n) is 3.69. The highest BCUT2D eigenvalue weighted by Crippen LogP contribution is 2.20. The molecule has 0 saturated heterocycles. The van der Waals surface area contributed by atoms with E-state index >= 15 is 0 Å². The Balaban J connectivity index is 1.74. The summed E-state index contributed by atoms with van der Waals surface area (Å²) in [5.74, 6) is -0.379. The number of para-hydroxylation sites is 1. The molecule has 0 aliphatic heterocycles. The first-order valence-corrected chi connectivity index (χ1v) is 9.37. The molecule has 7 heteroatoms. The number of benzene rings is 1. The second kappa shape index (κ2) is 9.56. The number of quaternary nitrogens is 1.